The van der Waals surface area contributed by atoms with E-state index in [-0.39, 0.29) is 5.91 Å². The van der Waals surface area contributed by atoms with Crippen LogP contribution in [0.4, 0.5) is 23.0 Å². The van der Waals surface area contributed by atoms with Crippen LogP contribution in [0.3, 0.4) is 0 Å². The highest BCUT2D eigenvalue weighted by molar-refractivity contribution is 6.03. The third-order valence-corrected chi connectivity index (χ3v) is 5.22. The van der Waals surface area contributed by atoms with Crippen LogP contribution in [0, 0.1) is 5.92 Å². The van der Waals surface area contributed by atoms with Crippen LogP contribution in [0.25, 0.3) is 0 Å². The molecule has 1 aliphatic heterocycles. The van der Waals surface area contributed by atoms with Crippen molar-refractivity contribution in [3.63, 3.8) is 0 Å². The number of hydrogen-bond acceptors (Lipinski definition) is 5. The van der Waals surface area contributed by atoms with E-state index in [1.54, 1.807) is 0 Å². The minimum atomic E-state index is -0.233. The van der Waals surface area contributed by atoms with Crippen molar-refractivity contribution < 1.29 is 4.79 Å². The summed E-state index contributed by atoms with van der Waals surface area (Å²) >= 11 is 0. The Hall–Kier alpha value is -3.41. The summed E-state index contributed by atoms with van der Waals surface area (Å²) in [7, 11) is 0. The van der Waals surface area contributed by atoms with Gasteiger partial charge in [0, 0.05) is 42.5 Å². The molecule has 1 saturated heterocycles. The molecule has 0 aliphatic carbocycles. The van der Waals surface area contributed by atoms with Crippen LogP contribution >= 0.6 is 0 Å². The van der Waals surface area contributed by atoms with Crippen LogP contribution in [0.15, 0.2) is 67.0 Å². The van der Waals surface area contributed by atoms with Gasteiger partial charge >= 0.3 is 0 Å². The lowest BCUT2D eigenvalue weighted by Gasteiger charge is -2.32. The van der Waals surface area contributed by atoms with E-state index in [0.29, 0.717) is 11.5 Å². The molecule has 0 bridgehead atoms. The van der Waals surface area contributed by atoms with Gasteiger partial charge in [-0.1, -0.05) is 25.1 Å². The van der Waals surface area contributed by atoms with Crippen molar-refractivity contribution in [2.24, 2.45) is 5.92 Å². The average molecular weight is 387 g/mol. The minimum absolute atomic E-state index is 0.233. The fraction of sp³-hybridized carbons (Fsp3) is 0.261. The molecule has 2 N–H and O–H groups in total. The molecule has 6 nitrogen and oxygen atoms in total. The highest BCUT2D eigenvalue weighted by Gasteiger charge is 2.15. The quantitative estimate of drug-likeness (QED) is 0.663. The van der Waals surface area contributed by atoms with Gasteiger partial charge in [0.2, 0.25) is 5.95 Å². The monoisotopic (exact) mass is 387 g/mol. The van der Waals surface area contributed by atoms with Crippen molar-refractivity contribution in [3.8, 4) is 0 Å². The molecule has 2 heterocycles. The first-order chi connectivity index (χ1) is 14.2. The maximum atomic E-state index is 12.3. The third kappa shape index (κ3) is 4.90. The predicted molar refractivity (Wildman–Crippen MR) is 117 cm³/mol. The van der Waals surface area contributed by atoms with E-state index in [9.17, 15) is 4.79 Å². The summed E-state index contributed by atoms with van der Waals surface area (Å²) in [6.45, 7) is 4.55. The van der Waals surface area contributed by atoms with Gasteiger partial charge in [0.15, 0.2) is 0 Å². The number of anilines is 4. The molecule has 1 fully saturated rings. The van der Waals surface area contributed by atoms with Crippen LogP contribution < -0.4 is 15.5 Å². The highest BCUT2D eigenvalue weighted by atomic mass is 16.1. The number of amides is 1. The molecule has 0 saturated carbocycles. The van der Waals surface area contributed by atoms with Crippen LogP contribution in [0.2, 0.25) is 0 Å². The standard InChI is InChI=1S/C23H25N5O/c1-17-11-13-28(14-12-17)21-9-7-20(8-10-21)27-23-24-15-18(16-25-23)22(29)26-19-5-3-2-4-6-19/h2-10,15-17H,11-14H2,1H3,(H,26,29)(H,24,25,27). The second-order valence-corrected chi connectivity index (χ2v) is 7.46. The predicted octanol–water partition coefficient (Wildman–Crippen LogP) is 4.71. The molecule has 6 heteroatoms. The zero-order valence-electron chi connectivity index (χ0n) is 16.5. The molecule has 0 atom stereocenters. The summed E-state index contributed by atoms with van der Waals surface area (Å²) in [4.78, 5) is 23.2. The summed E-state index contributed by atoms with van der Waals surface area (Å²) in [6, 6.07) is 17.6. The van der Waals surface area contributed by atoms with Gasteiger partial charge in [0.05, 0.1) is 5.56 Å². The van der Waals surface area contributed by atoms with Crippen molar-refractivity contribution >= 4 is 28.9 Å². The first kappa shape index (κ1) is 18.9. The van der Waals surface area contributed by atoms with Gasteiger partial charge in [-0.2, -0.15) is 0 Å². The van der Waals surface area contributed by atoms with E-state index < -0.39 is 0 Å². The largest absolute Gasteiger partial charge is 0.372 e. The Kier molecular flexibility index (Phi) is 5.70. The molecule has 1 aliphatic rings. The van der Waals surface area contributed by atoms with Gasteiger partial charge in [-0.3, -0.25) is 4.79 Å². The highest BCUT2D eigenvalue weighted by Crippen LogP contribution is 2.25. The van der Waals surface area contributed by atoms with Gasteiger partial charge in [-0.15, -0.1) is 0 Å². The lowest BCUT2D eigenvalue weighted by atomic mass is 9.99. The van der Waals surface area contributed by atoms with Crippen molar-refractivity contribution in [1.29, 1.82) is 0 Å². The molecule has 3 aromatic rings. The molecule has 29 heavy (non-hydrogen) atoms. The van der Waals surface area contributed by atoms with Crippen molar-refractivity contribution in [1.82, 2.24) is 9.97 Å². The maximum absolute atomic E-state index is 12.3. The SMILES string of the molecule is CC1CCN(c2ccc(Nc3ncc(C(=O)Nc4ccccc4)cn3)cc2)CC1. The number of rotatable bonds is 5. The number of piperidine rings is 1. The summed E-state index contributed by atoms with van der Waals surface area (Å²) in [5.41, 5.74) is 3.31. The van der Waals surface area contributed by atoms with E-state index >= 15 is 0 Å². The number of carbonyl (C=O) groups excluding carboxylic acids is 1. The normalized spacial score (nSPS) is 14.4. The number of hydrogen-bond donors (Lipinski definition) is 2. The fourth-order valence-corrected chi connectivity index (χ4v) is 3.39. The van der Waals surface area contributed by atoms with E-state index in [0.717, 1.165) is 30.4 Å². The zero-order valence-corrected chi connectivity index (χ0v) is 16.5. The van der Waals surface area contributed by atoms with Gasteiger partial charge < -0.3 is 15.5 Å². The third-order valence-electron chi connectivity index (χ3n) is 5.22. The Labute approximate surface area is 171 Å². The van der Waals surface area contributed by atoms with Crippen LogP contribution in [-0.2, 0) is 0 Å². The molecular formula is C23H25N5O. The first-order valence-corrected chi connectivity index (χ1v) is 9.98. The molecule has 148 valence electrons. The molecule has 0 unspecified atom stereocenters. The second-order valence-electron chi connectivity index (χ2n) is 7.46. The summed E-state index contributed by atoms with van der Waals surface area (Å²) in [6.07, 6.45) is 5.55. The van der Waals surface area contributed by atoms with E-state index in [1.807, 2.05) is 42.5 Å². The fourth-order valence-electron chi connectivity index (χ4n) is 3.39. The molecule has 0 radical (unpaired) electrons. The van der Waals surface area contributed by atoms with Gasteiger partial charge in [0.25, 0.3) is 5.91 Å². The number of nitrogens with zero attached hydrogens (tertiary/aromatic N) is 3. The number of benzene rings is 2. The van der Waals surface area contributed by atoms with E-state index in [2.05, 4.69) is 44.6 Å². The molecule has 0 spiro atoms. The van der Waals surface area contributed by atoms with Crippen LogP contribution in [0.1, 0.15) is 30.1 Å². The van der Waals surface area contributed by atoms with Crippen molar-refractivity contribution in [2.75, 3.05) is 28.6 Å². The summed E-state index contributed by atoms with van der Waals surface area (Å²) < 4.78 is 0. The topological polar surface area (TPSA) is 70.2 Å². The Morgan fingerprint density at radius 3 is 2.24 bits per heavy atom. The van der Waals surface area contributed by atoms with Crippen molar-refractivity contribution in [3.05, 3.63) is 72.6 Å². The Balaban J connectivity index is 1.35. The van der Waals surface area contributed by atoms with Crippen molar-refractivity contribution in [2.45, 2.75) is 19.8 Å². The van der Waals surface area contributed by atoms with Gasteiger partial charge in [-0.05, 0) is 55.2 Å². The Bertz CT molecular complexity index is 933. The number of para-hydroxylation sites is 1. The number of nitrogens with one attached hydrogen (secondary N) is 2. The molecular weight excluding hydrogens is 362 g/mol. The maximum Gasteiger partial charge on any atom is 0.258 e. The second kappa shape index (κ2) is 8.73. The molecule has 2 aromatic carbocycles. The first-order valence-electron chi connectivity index (χ1n) is 9.98. The van der Waals surface area contributed by atoms with Crippen LogP contribution in [0.5, 0.6) is 0 Å². The minimum Gasteiger partial charge on any atom is -0.372 e. The smallest absolute Gasteiger partial charge is 0.258 e. The van der Waals surface area contributed by atoms with E-state index in [4.69, 9.17) is 0 Å². The lowest BCUT2D eigenvalue weighted by molar-refractivity contribution is 0.102. The molecule has 1 amide bonds. The zero-order chi connectivity index (χ0) is 20.1. The van der Waals surface area contributed by atoms with Gasteiger partial charge in [0.1, 0.15) is 0 Å². The summed E-state index contributed by atoms with van der Waals surface area (Å²) in [5.74, 6) is 1.05. The number of carbonyl (C=O) groups is 1. The molecule has 1 aromatic heterocycles. The Morgan fingerprint density at radius 2 is 1.59 bits per heavy atom. The molecule has 4 rings (SSSR count). The Morgan fingerprint density at radius 1 is 0.931 bits per heavy atom. The van der Waals surface area contributed by atoms with E-state index in [1.165, 1.54) is 30.9 Å². The lowest BCUT2D eigenvalue weighted by Crippen LogP contribution is -2.32. The van der Waals surface area contributed by atoms with Crippen LogP contribution in [-0.4, -0.2) is 29.0 Å². The summed E-state index contributed by atoms with van der Waals surface area (Å²) in [5, 5.41) is 6.01. The number of aromatic nitrogens is 2. The average Bonchev–Trinajstić information content (AvgIpc) is 2.76. The van der Waals surface area contributed by atoms with Gasteiger partial charge in [-0.25, -0.2) is 9.97 Å².